The molecule has 2 N–H and O–H groups in total. The van der Waals surface area contributed by atoms with Crippen LogP contribution < -0.4 is 10.6 Å². The van der Waals surface area contributed by atoms with Crippen LogP contribution in [0.4, 0.5) is 10.9 Å². The molecule has 0 saturated carbocycles. The van der Waals surface area contributed by atoms with Crippen LogP contribution in [0, 0.1) is 0 Å². The average molecular weight is 254 g/mol. The Hall–Kier alpha value is -1.41. The van der Waals surface area contributed by atoms with Gasteiger partial charge in [-0.25, -0.2) is 0 Å². The van der Waals surface area contributed by atoms with E-state index in [0.717, 1.165) is 14.5 Å². The summed E-state index contributed by atoms with van der Waals surface area (Å²) in [5, 5.41) is 17.4. The van der Waals surface area contributed by atoms with E-state index in [2.05, 4.69) is 20.4 Å². The van der Waals surface area contributed by atoms with Gasteiger partial charge in [0.2, 0.25) is 5.13 Å². The minimum absolute atomic E-state index is 0.413. The molecule has 0 unspecified atom stereocenters. The second-order valence-electron chi connectivity index (χ2n) is 3.14. The number of nitrogens with two attached hydrogens (primary N) is 1. The van der Waals surface area contributed by atoms with E-state index in [1.54, 1.807) is 6.07 Å². The summed E-state index contributed by atoms with van der Waals surface area (Å²) in [7, 11) is 3.86. The van der Waals surface area contributed by atoms with Gasteiger partial charge >= 0.3 is 0 Å². The number of rotatable bonds is 3. The molecule has 16 heavy (non-hydrogen) atoms. The number of hydrogen-bond acceptors (Lipinski definition) is 8. The predicted molar refractivity (Wildman–Crippen MR) is 64.8 cm³/mol. The molecule has 0 amide bonds. The highest BCUT2D eigenvalue weighted by Crippen LogP contribution is 2.31. The first-order valence-electron chi connectivity index (χ1n) is 4.43. The number of nitrogen functional groups attached to an aromatic ring is 1. The third-order valence-corrected chi connectivity index (χ3v) is 3.70. The van der Waals surface area contributed by atoms with Gasteiger partial charge in [-0.05, 0) is 23.9 Å². The molecule has 0 bridgehead atoms. The van der Waals surface area contributed by atoms with Crippen molar-refractivity contribution in [3.05, 3.63) is 12.1 Å². The topological polar surface area (TPSA) is 80.8 Å². The molecule has 0 aliphatic heterocycles. The third-order valence-electron chi connectivity index (χ3n) is 1.63. The summed E-state index contributed by atoms with van der Waals surface area (Å²) in [5.74, 6) is 0.413. The molecule has 2 aromatic rings. The lowest BCUT2D eigenvalue weighted by Gasteiger charge is -2.03. The first kappa shape index (κ1) is 11.1. The summed E-state index contributed by atoms with van der Waals surface area (Å²) >= 11 is 2.93. The number of anilines is 2. The molecule has 0 fully saturated rings. The van der Waals surface area contributed by atoms with Gasteiger partial charge in [0.15, 0.2) is 4.34 Å². The van der Waals surface area contributed by atoms with Crippen molar-refractivity contribution in [3.8, 4) is 0 Å². The Kier molecular flexibility index (Phi) is 3.20. The molecule has 0 aliphatic carbocycles. The Labute approximate surface area is 101 Å². The van der Waals surface area contributed by atoms with E-state index in [9.17, 15) is 0 Å². The maximum Gasteiger partial charge on any atom is 0.208 e. The standard InChI is InChI=1S/C8H10N6S2/c1-14(2)7-12-13-8(16-7)15-6-4-3-5(9)10-11-6/h3-4H,1-2H3,(H2,9,10). The van der Waals surface area contributed by atoms with Crippen LogP contribution in [-0.2, 0) is 0 Å². The molecule has 0 aromatic carbocycles. The maximum atomic E-state index is 5.45. The maximum absolute atomic E-state index is 5.45. The molecule has 0 radical (unpaired) electrons. The molecular formula is C8H10N6S2. The fraction of sp³-hybridized carbons (Fsp3) is 0.250. The van der Waals surface area contributed by atoms with E-state index < -0.39 is 0 Å². The average Bonchev–Trinajstić information content (AvgIpc) is 2.70. The van der Waals surface area contributed by atoms with Crippen molar-refractivity contribution < 1.29 is 0 Å². The first-order chi connectivity index (χ1) is 7.65. The molecule has 0 saturated heterocycles. The molecule has 84 valence electrons. The van der Waals surface area contributed by atoms with Gasteiger partial charge in [-0.15, -0.1) is 20.4 Å². The smallest absolute Gasteiger partial charge is 0.208 e. The molecule has 0 spiro atoms. The molecular weight excluding hydrogens is 244 g/mol. The molecule has 0 atom stereocenters. The van der Waals surface area contributed by atoms with Crippen molar-refractivity contribution in [2.24, 2.45) is 0 Å². The van der Waals surface area contributed by atoms with Crippen molar-refractivity contribution in [1.29, 1.82) is 0 Å². The summed E-state index contributed by atoms with van der Waals surface area (Å²) in [4.78, 5) is 1.91. The molecule has 0 aliphatic rings. The van der Waals surface area contributed by atoms with E-state index in [-0.39, 0.29) is 0 Å². The van der Waals surface area contributed by atoms with Gasteiger partial charge in [0.05, 0.1) is 0 Å². The monoisotopic (exact) mass is 254 g/mol. The van der Waals surface area contributed by atoms with Gasteiger partial charge in [0.25, 0.3) is 0 Å². The lowest BCUT2D eigenvalue weighted by atomic mass is 10.5. The highest BCUT2D eigenvalue weighted by Gasteiger charge is 2.08. The zero-order valence-corrected chi connectivity index (χ0v) is 10.4. The van der Waals surface area contributed by atoms with Gasteiger partial charge in [0.1, 0.15) is 10.8 Å². The van der Waals surface area contributed by atoms with E-state index in [0.29, 0.717) is 5.82 Å². The van der Waals surface area contributed by atoms with Gasteiger partial charge in [-0.2, -0.15) is 0 Å². The number of hydrogen-bond donors (Lipinski definition) is 1. The lowest BCUT2D eigenvalue weighted by Crippen LogP contribution is -2.07. The van der Waals surface area contributed by atoms with Gasteiger partial charge < -0.3 is 10.6 Å². The fourth-order valence-corrected chi connectivity index (χ4v) is 2.53. The summed E-state index contributed by atoms with van der Waals surface area (Å²) < 4.78 is 0.836. The summed E-state index contributed by atoms with van der Waals surface area (Å²) in [6, 6.07) is 3.52. The van der Waals surface area contributed by atoms with Crippen molar-refractivity contribution in [1.82, 2.24) is 20.4 Å². The molecule has 8 heteroatoms. The number of aromatic nitrogens is 4. The number of nitrogens with zero attached hydrogens (tertiary/aromatic N) is 5. The second kappa shape index (κ2) is 4.62. The van der Waals surface area contributed by atoms with E-state index in [1.165, 1.54) is 23.1 Å². The highest BCUT2D eigenvalue weighted by molar-refractivity contribution is 8.01. The summed E-state index contributed by atoms with van der Waals surface area (Å²) in [6.07, 6.45) is 0. The third kappa shape index (κ3) is 2.58. The Morgan fingerprint density at radius 1 is 1.19 bits per heavy atom. The Bertz CT molecular complexity index is 466. The van der Waals surface area contributed by atoms with Gasteiger partial charge in [-0.1, -0.05) is 11.3 Å². The van der Waals surface area contributed by atoms with E-state index >= 15 is 0 Å². The summed E-state index contributed by atoms with van der Waals surface area (Å²) in [5.41, 5.74) is 5.45. The second-order valence-corrected chi connectivity index (χ2v) is 5.37. The van der Waals surface area contributed by atoms with Crippen molar-refractivity contribution >= 4 is 34.0 Å². The van der Waals surface area contributed by atoms with Crippen molar-refractivity contribution in [3.63, 3.8) is 0 Å². The molecule has 2 aromatic heterocycles. The molecule has 2 heterocycles. The zero-order chi connectivity index (χ0) is 11.5. The van der Waals surface area contributed by atoms with Crippen LogP contribution in [0.15, 0.2) is 21.5 Å². The Balaban J connectivity index is 2.11. The van der Waals surface area contributed by atoms with Gasteiger partial charge in [-0.3, -0.25) is 0 Å². The van der Waals surface area contributed by atoms with Crippen molar-refractivity contribution in [2.45, 2.75) is 9.37 Å². The Morgan fingerprint density at radius 3 is 2.56 bits per heavy atom. The summed E-state index contributed by atoms with van der Waals surface area (Å²) in [6.45, 7) is 0. The predicted octanol–water partition coefficient (Wildman–Crippen LogP) is 1.13. The SMILES string of the molecule is CN(C)c1nnc(Sc2ccc(N)nn2)s1. The fourth-order valence-electron chi connectivity index (χ4n) is 0.899. The molecule has 2 rings (SSSR count). The van der Waals surface area contributed by atoms with Crippen LogP contribution in [0.5, 0.6) is 0 Å². The largest absolute Gasteiger partial charge is 0.382 e. The highest BCUT2D eigenvalue weighted by atomic mass is 32.2. The zero-order valence-electron chi connectivity index (χ0n) is 8.78. The van der Waals surface area contributed by atoms with Gasteiger partial charge in [0, 0.05) is 14.1 Å². The van der Waals surface area contributed by atoms with Crippen LogP contribution >= 0.6 is 23.1 Å². The minimum Gasteiger partial charge on any atom is -0.382 e. The first-order valence-corrected chi connectivity index (χ1v) is 6.06. The molecule has 6 nitrogen and oxygen atoms in total. The minimum atomic E-state index is 0.413. The normalized spacial score (nSPS) is 10.4. The van der Waals surface area contributed by atoms with Crippen LogP contribution in [0.3, 0.4) is 0 Å². The van der Waals surface area contributed by atoms with Crippen LogP contribution in [0.1, 0.15) is 0 Å². The Morgan fingerprint density at radius 2 is 2.00 bits per heavy atom. The van der Waals surface area contributed by atoms with Crippen LogP contribution in [-0.4, -0.2) is 34.5 Å². The van der Waals surface area contributed by atoms with Crippen LogP contribution in [0.25, 0.3) is 0 Å². The van der Waals surface area contributed by atoms with Crippen molar-refractivity contribution in [2.75, 3.05) is 24.7 Å². The quantitative estimate of drug-likeness (QED) is 0.879. The van der Waals surface area contributed by atoms with E-state index in [1.807, 2.05) is 25.1 Å². The van der Waals surface area contributed by atoms with E-state index in [4.69, 9.17) is 5.73 Å². The lowest BCUT2D eigenvalue weighted by molar-refractivity contribution is 0.931. The van der Waals surface area contributed by atoms with Crippen LogP contribution in [0.2, 0.25) is 0 Å².